The van der Waals surface area contributed by atoms with E-state index in [-0.39, 0.29) is 13.1 Å². The Hall–Kier alpha value is -0.260. The average Bonchev–Trinajstić information content (AvgIpc) is 2.12. The van der Waals surface area contributed by atoms with Gasteiger partial charge < -0.3 is 15.4 Å². The minimum absolute atomic E-state index is 0.266. The van der Waals surface area contributed by atoms with E-state index in [1.54, 1.807) is 0 Å². The molecule has 0 saturated carbocycles. The molecule has 2 fully saturated rings. The van der Waals surface area contributed by atoms with Crippen LogP contribution in [0.25, 0.3) is 0 Å². The molecule has 2 saturated heterocycles. The van der Waals surface area contributed by atoms with Crippen LogP contribution in [0.1, 0.15) is 6.42 Å². The van der Waals surface area contributed by atoms with E-state index in [1.165, 1.54) is 0 Å². The van der Waals surface area contributed by atoms with E-state index in [2.05, 4.69) is 10.6 Å². The van der Waals surface area contributed by atoms with Crippen molar-refractivity contribution in [2.24, 2.45) is 0 Å². The van der Waals surface area contributed by atoms with Crippen LogP contribution in [-0.4, -0.2) is 44.3 Å². The highest BCUT2D eigenvalue weighted by atomic mass is 19.3. The molecule has 0 aromatic rings. The summed E-state index contributed by atoms with van der Waals surface area (Å²) >= 11 is 0. The van der Waals surface area contributed by atoms with E-state index < -0.39 is 11.5 Å². The zero-order valence-corrected chi connectivity index (χ0v) is 7.41. The highest BCUT2D eigenvalue weighted by Gasteiger charge is 2.56. The predicted octanol–water partition coefficient (Wildman–Crippen LogP) is -0.0264. The molecule has 2 aliphatic rings. The minimum atomic E-state index is -2.75. The lowest BCUT2D eigenvalue weighted by Gasteiger charge is -2.46. The van der Waals surface area contributed by atoms with Crippen molar-refractivity contribution in [3.8, 4) is 0 Å². The van der Waals surface area contributed by atoms with Crippen LogP contribution >= 0.6 is 0 Å². The fourth-order valence-corrected chi connectivity index (χ4v) is 1.94. The predicted molar refractivity (Wildman–Crippen MR) is 44.0 cm³/mol. The maximum atomic E-state index is 13.5. The second-order valence-corrected chi connectivity index (χ2v) is 3.65. The largest absolute Gasteiger partial charge is 0.366 e. The van der Waals surface area contributed by atoms with E-state index in [9.17, 15) is 8.78 Å². The topological polar surface area (TPSA) is 33.3 Å². The summed E-state index contributed by atoms with van der Waals surface area (Å²) in [7, 11) is 0. The first kappa shape index (κ1) is 9.30. The third kappa shape index (κ3) is 1.45. The summed E-state index contributed by atoms with van der Waals surface area (Å²) in [6, 6.07) is 0. The lowest BCUT2D eigenvalue weighted by Crippen LogP contribution is -2.67. The Morgan fingerprint density at radius 1 is 1.08 bits per heavy atom. The Kier molecular flexibility index (Phi) is 2.25. The molecule has 1 atom stereocenters. The van der Waals surface area contributed by atoms with Crippen LogP contribution in [0, 0.1) is 0 Å². The molecule has 0 bridgehead atoms. The number of rotatable bonds is 0. The minimum Gasteiger partial charge on any atom is -0.366 e. The van der Waals surface area contributed by atoms with Crippen molar-refractivity contribution >= 4 is 0 Å². The summed E-state index contributed by atoms with van der Waals surface area (Å²) in [5.41, 5.74) is -1.25. The maximum Gasteiger partial charge on any atom is 0.289 e. The molecule has 0 amide bonds. The summed E-state index contributed by atoms with van der Waals surface area (Å²) in [5.74, 6) is -2.75. The second-order valence-electron chi connectivity index (χ2n) is 3.65. The number of hydrogen-bond donors (Lipinski definition) is 2. The zero-order chi connectivity index (χ0) is 9.36. The van der Waals surface area contributed by atoms with Gasteiger partial charge in [0.1, 0.15) is 5.60 Å². The van der Waals surface area contributed by atoms with E-state index in [0.29, 0.717) is 26.1 Å². The van der Waals surface area contributed by atoms with Crippen molar-refractivity contribution in [2.45, 2.75) is 17.9 Å². The van der Waals surface area contributed by atoms with Gasteiger partial charge in [0.25, 0.3) is 5.92 Å². The summed E-state index contributed by atoms with van der Waals surface area (Å²) in [6.07, 6.45) is 0.382. The van der Waals surface area contributed by atoms with Crippen molar-refractivity contribution in [3.63, 3.8) is 0 Å². The summed E-state index contributed by atoms with van der Waals surface area (Å²) in [6.45, 7) is 1.66. The number of piperidine rings is 1. The number of nitrogens with one attached hydrogen (secondary N) is 2. The van der Waals surface area contributed by atoms with Gasteiger partial charge in [0.2, 0.25) is 0 Å². The summed E-state index contributed by atoms with van der Waals surface area (Å²) < 4.78 is 32.3. The van der Waals surface area contributed by atoms with Crippen molar-refractivity contribution in [1.82, 2.24) is 10.6 Å². The quantitative estimate of drug-likeness (QED) is 0.565. The number of halogens is 2. The van der Waals surface area contributed by atoms with Gasteiger partial charge in [-0.25, -0.2) is 8.78 Å². The van der Waals surface area contributed by atoms with Crippen LogP contribution < -0.4 is 10.6 Å². The van der Waals surface area contributed by atoms with E-state index in [1.807, 2.05) is 0 Å². The fraction of sp³-hybridized carbons (Fsp3) is 1.00. The fourth-order valence-electron chi connectivity index (χ4n) is 1.94. The highest BCUT2D eigenvalue weighted by molar-refractivity contribution is 5.02. The molecule has 0 radical (unpaired) electrons. The highest BCUT2D eigenvalue weighted by Crippen LogP contribution is 2.37. The molecule has 2 heterocycles. The standard InChI is InChI=1S/C8H14F2N2O/c9-8(10)6-11-2-1-7(8)5-12-3-4-13-7/h11-12H,1-6H2. The lowest BCUT2D eigenvalue weighted by atomic mass is 9.87. The molecule has 2 N–H and O–H groups in total. The third-order valence-corrected chi connectivity index (χ3v) is 2.79. The summed E-state index contributed by atoms with van der Waals surface area (Å²) in [4.78, 5) is 0. The maximum absolute atomic E-state index is 13.5. The van der Waals surface area contributed by atoms with Gasteiger partial charge in [-0.05, 0) is 13.0 Å². The Balaban J connectivity index is 2.16. The van der Waals surface area contributed by atoms with Crippen LogP contribution in [-0.2, 0) is 4.74 Å². The van der Waals surface area contributed by atoms with Gasteiger partial charge in [0.15, 0.2) is 0 Å². The van der Waals surface area contributed by atoms with Crippen LogP contribution in [0.5, 0.6) is 0 Å². The van der Waals surface area contributed by atoms with Crippen LogP contribution in [0.2, 0.25) is 0 Å². The number of hydrogen-bond acceptors (Lipinski definition) is 3. The third-order valence-electron chi connectivity index (χ3n) is 2.79. The van der Waals surface area contributed by atoms with Gasteiger partial charge in [-0.15, -0.1) is 0 Å². The Bertz CT molecular complexity index is 184. The van der Waals surface area contributed by atoms with Gasteiger partial charge in [-0.1, -0.05) is 0 Å². The van der Waals surface area contributed by atoms with Crippen molar-refractivity contribution in [1.29, 1.82) is 0 Å². The first-order chi connectivity index (χ1) is 6.16. The Labute approximate surface area is 75.8 Å². The first-order valence-electron chi connectivity index (χ1n) is 4.60. The second kappa shape index (κ2) is 3.15. The van der Waals surface area contributed by atoms with Crippen LogP contribution in [0.15, 0.2) is 0 Å². The summed E-state index contributed by atoms with van der Waals surface area (Å²) in [5, 5.41) is 5.66. The molecule has 5 heteroatoms. The van der Waals surface area contributed by atoms with E-state index in [0.717, 1.165) is 0 Å². The molecule has 3 nitrogen and oxygen atoms in total. The number of ether oxygens (including phenoxy) is 1. The lowest BCUT2D eigenvalue weighted by molar-refractivity contribution is -0.228. The van der Waals surface area contributed by atoms with Crippen molar-refractivity contribution < 1.29 is 13.5 Å². The molecule has 2 rings (SSSR count). The normalized spacial score (nSPS) is 39.2. The van der Waals surface area contributed by atoms with Gasteiger partial charge in [-0.2, -0.15) is 0 Å². The monoisotopic (exact) mass is 192 g/mol. The van der Waals surface area contributed by atoms with Gasteiger partial charge in [0.05, 0.1) is 13.2 Å². The van der Waals surface area contributed by atoms with E-state index >= 15 is 0 Å². The molecule has 0 aromatic carbocycles. The number of morpholine rings is 1. The molecular formula is C8H14F2N2O. The molecule has 2 aliphatic heterocycles. The van der Waals surface area contributed by atoms with Gasteiger partial charge in [-0.3, -0.25) is 0 Å². The molecule has 0 aromatic heterocycles. The molecular weight excluding hydrogens is 178 g/mol. The molecule has 1 spiro atoms. The SMILES string of the molecule is FC1(F)CNCCC12CNCCO2. The molecule has 0 aliphatic carbocycles. The van der Waals surface area contributed by atoms with Gasteiger partial charge >= 0.3 is 0 Å². The van der Waals surface area contributed by atoms with Crippen LogP contribution in [0.3, 0.4) is 0 Å². The zero-order valence-electron chi connectivity index (χ0n) is 7.41. The van der Waals surface area contributed by atoms with Crippen molar-refractivity contribution in [2.75, 3.05) is 32.8 Å². The van der Waals surface area contributed by atoms with E-state index in [4.69, 9.17) is 4.74 Å². The molecule has 13 heavy (non-hydrogen) atoms. The van der Waals surface area contributed by atoms with Crippen molar-refractivity contribution in [3.05, 3.63) is 0 Å². The first-order valence-corrected chi connectivity index (χ1v) is 4.60. The Morgan fingerprint density at radius 2 is 1.85 bits per heavy atom. The van der Waals surface area contributed by atoms with Crippen LogP contribution in [0.4, 0.5) is 8.78 Å². The Morgan fingerprint density at radius 3 is 2.46 bits per heavy atom. The molecule has 1 unspecified atom stereocenters. The smallest absolute Gasteiger partial charge is 0.289 e. The molecule has 76 valence electrons. The average molecular weight is 192 g/mol. The van der Waals surface area contributed by atoms with Gasteiger partial charge in [0, 0.05) is 13.1 Å². The number of alkyl halides is 2.